The van der Waals surface area contributed by atoms with Crippen LogP contribution in [0.3, 0.4) is 0 Å². The summed E-state index contributed by atoms with van der Waals surface area (Å²) in [4.78, 5) is 0. The summed E-state index contributed by atoms with van der Waals surface area (Å²) >= 11 is 0. The molecular weight excluding hydrogens is 132 g/mol. The van der Waals surface area contributed by atoms with Gasteiger partial charge in [-0.25, -0.2) is 0 Å². The molecule has 11 heavy (non-hydrogen) atoms. The molecule has 0 saturated heterocycles. The molecule has 0 aromatic heterocycles. The summed E-state index contributed by atoms with van der Waals surface area (Å²) in [7, 11) is 0. The number of hydrogen-bond donors (Lipinski definition) is 0. The molecule has 0 unspecified atom stereocenters. The molecule has 0 aromatic rings. The van der Waals surface area contributed by atoms with Gasteiger partial charge in [-0.15, -0.1) is 5.73 Å². The zero-order valence-corrected chi connectivity index (χ0v) is 7.09. The maximum absolute atomic E-state index is 5.06. The van der Waals surface area contributed by atoms with Gasteiger partial charge in [0.1, 0.15) is 0 Å². The fourth-order valence-corrected chi connectivity index (χ4v) is 0.707. The van der Waals surface area contributed by atoms with Gasteiger partial charge >= 0.3 is 0 Å². The Morgan fingerprint density at radius 3 is 2.73 bits per heavy atom. The van der Waals surface area contributed by atoms with Gasteiger partial charge in [0.25, 0.3) is 0 Å². The van der Waals surface area contributed by atoms with Crippen molar-refractivity contribution in [2.75, 3.05) is 0 Å². The maximum Gasteiger partial charge on any atom is -0.0126 e. The molecule has 0 fully saturated rings. The van der Waals surface area contributed by atoms with E-state index in [4.69, 9.17) is 6.58 Å². The van der Waals surface area contributed by atoms with Crippen molar-refractivity contribution >= 4 is 0 Å². The maximum atomic E-state index is 5.06. The summed E-state index contributed by atoms with van der Waals surface area (Å²) in [5.41, 5.74) is 2.51. The molecule has 0 atom stereocenters. The molecule has 0 nitrogen and oxygen atoms in total. The largest absolute Gasteiger partial charge is 0.125 e. The van der Waals surface area contributed by atoms with Gasteiger partial charge in [-0.1, -0.05) is 24.3 Å². The molecule has 0 N–H and O–H groups in total. The summed E-state index contributed by atoms with van der Waals surface area (Å²) in [6.07, 6.45) is 13.4. The topological polar surface area (TPSA) is 0 Å². The first-order valence-corrected chi connectivity index (χ1v) is 3.97. The SMILES string of the molecule is [CH]=C=CCCCC=CC=CC. The van der Waals surface area contributed by atoms with Gasteiger partial charge in [-0.05, 0) is 38.8 Å². The van der Waals surface area contributed by atoms with Gasteiger partial charge in [-0.2, -0.15) is 0 Å². The van der Waals surface area contributed by atoms with Crippen molar-refractivity contribution < 1.29 is 0 Å². The third-order valence-electron chi connectivity index (χ3n) is 1.28. The fourth-order valence-electron chi connectivity index (χ4n) is 0.707. The third kappa shape index (κ3) is 9.00. The second-order valence-electron chi connectivity index (χ2n) is 2.26. The van der Waals surface area contributed by atoms with E-state index in [2.05, 4.69) is 17.9 Å². The van der Waals surface area contributed by atoms with E-state index in [9.17, 15) is 0 Å². The molecule has 0 heterocycles. The predicted molar refractivity (Wildman–Crippen MR) is 50.2 cm³/mol. The average Bonchev–Trinajstić information content (AvgIpc) is 2.03. The number of allylic oxidation sites excluding steroid dienone is 5. The van der Waals surface area contributed by atoms with Crippen LogP contribution < -0.4 is 0 Å². The highest BCUT2D eigenvalue weighted by Gasteiger charge is 1.77. The molecule has 0 amide bonds. The first-order chi connectivity index (χ1) is 5.41. The predicted octanol–water partition coefficient (Wildman–Crippen LogP) is 3.43. The average molecular weight is 147 g/mol. The monoisotopic (exact) mass is 147 g/mol. The van der Waals surface area contributed by atoms with Crippen molar-refractivity contribution in [2.45, 2.75) is 26.2 Å². The first-order valence-electron chi connectivity index (χ1n) is 3.97. The Kier molecular flexibility index (Phi) is 8.18. The molecule has 0 aromatic carbocycles. The minimum atomic E-state index is 1.02. The summed E-state index contributed by atoms with van der Waals surface area (Å²) in [6.45, 7) is 7.07. The Hall–Kier alpha value is -1.00. The first kappa shape index (κ1) is 10.0. The van der Waals surface area contributed by atoms with Crippen LogP contribution >= 0.6 is 0 Å². The van der Waals surface area contributed by atoms with Crippen molar-refractivity contribution in [3.05, 3.63) is 42.7 Å². The van der Waals surface area contributed by atoms with E-state index in [1.54, 1.807) is 0 Å². The highest BCUT2D eigenvalue weighted by atomic mass is 13.8. The van der Waals surface area contributed by atoms with Crippen LogP contribution in [0.2, 0.25) is 0 Å². The Morgan fingerprint density at radius 1 is 1.27 bits per heavy atom. The van der Waals surface area contributed by atoms with E-state index in [1.165, 1.54) is 0 Å². The lowest BCUT2D eigenvalue weighted by atomic mass is 10.2. The molecule has 0 aliphatic rings. The van der Waals surface area contributed by atoms with E-state index in [1.807, 2.05) is 25.2 Å². The summed E-state index contributed by atoms with van der Waals surface area (Å²) in [5, 5.41) is 0. The van der Waals surface area contributed by atoms with Crippen LogP contribution in [-0.2, 0) is 0 Å². The fraction of sp³-hybridized carbons (Fsp3) is 0.364. The lowest BCUT2D eigenvalue weighted by molar-refractivity contribution is 0.869. The van der Waals surface area contributed by atoms with E-state index >= 15 is 0 Å². The van der Waals surface area contributed by atoms with Crippen LogP contribution in [0, 0.1) is 6.58 Å². The molecule has 59 valence electrons. The minimum Gasteiger partial charge on any atom is -0.125 e. The number of hydrogen-bond acceptors (Lipinski definition) is 0. The van der Waals surface area contributed by atoms with Gasteiger partial charge in [0, 0.05) is 0 Å². The number of rotatable bonds is 5. The van der Waals surface area contributed by atoms with Crippen molar-refractivity contribution in [1.82, 2.24) is 0 Å². The second-order valence-corrected chi connectivity index (χ2v) is 2.26. The van der Waals surface area contributed by atoms with Crippen molar-refractivity contribution in [1.29, 1.82) is 0 Å². The zero-order valence-electron chi connectivity index (χ0n) is 7.09. The summed E-state index contributed by atoms with van der Waals surface area (Å²) in [6, 6.07) is 0. The Morgan fingerprint density at radius 2 is 2.09 bits per heavy atom. The summed E-state index contributed by atoms with van der Waals surface area (Å²) in [5.74, 6) is 0. The molecule has 0 aliphatic heterocycles. The quantitative estimate of drug-likeness (QED) is 0.317. The lowest BCUT2D eigenvalue weighted by Crippen LogP contribution is -1.66. The normalized spacial score (nSPS) is 10.6. The van der Waals surface area contributed by atoms with Gasteiger partial charge in [0.15, 0.2) is 0 Å². The Bertz CT molecular complexity index is 166. The van der Waals surface area contributed by atoms with Gasteiger partial charge in [-0.3, -0.25) is 0 Å². The van der Waals surface area contributed by atoms with Crippen LogP contribution in [0.5, 0.6) is 0 Å². The summed E-state index contributed by atoms with van der Waals surface area (Å²) < 4.78 is 0. The van der Waals surface area contributed by atoms with Crippen LogP contribution in [0.15, 0.2) is 36.1 Å². The standard InChI is InChI=1S/C11H15/c1-3-5-7-9-11-10-8-6-4-2/h1,4-6,8,10H,7,9,11H2,2H3. The Labute approximate surface area is 69.6 Å². The zero-order chi connectivity index (χ0) is 8.36. The van der Waals surface area contributed by atoms with E-state index in [0.717, 1.165) is 19.3 Å². The third-order valence-corrected chi connectivity index (χ3v) is 1.28. The molecule has 0 saturated carbocycles. The van der Waals surface area contributed by atoms with Crippen LogP contribution in [-0.4, -0.2) is 0 Å². The highest BCUT2D eigenvalue weighted by molar-refractivity contribution is 5.00. The van der Waals surface area contributed by atoms with Crippen LogP contribution in [0.25, 0.3) is 0 Å². The van der Waals surface area contributed by atoms with E-state index in [0.29, 0.717) is 0 Å². The Balaban J connectivity index is 3.20. The molecular formula is C11H15. The lowest BCUT2D eigenvalue weighted by Gasteiger charge is -1.86. The van der Waals surface area contributed by atoms with Crippen LogP contribution in [0.4, 0.5) is 0 Å². The minimum absolute atomic E-state index is 1.02. The second kappa shape index (κ2) is 9.00. The van der Waals surface area contributed by atoms with Gasteiger partial charge in [0.05, 0.1) is 0 Å². The van der Waals surface area contributed by atoms with Gasteiger partial charge < -0.3 is 0 Å². The molecule has 0 spiro atoms. The molecule has 1 radical (unpaired) electrons. The highest BCUT2D eigenvalue weighted by Crippen LogP contribution is 1.96. The van der Waals surface area contributed by atoms with Crippen molar-refractivity contribution in [2.24, 2.45) is 0 Å². The van der Waals surface area contributed by atoms with E-state index < -0.39 is 0 Å². The smallest absolute Gasteiger partial charge is 0.0126 e. The van der Waals surface area contributed by atoms with Crippen LogP contribution in [0.1, 0.15) is 26.2 Å². The molecule has 0 aliphatic carbocycles. The molecule has 0 heteroatoms. The number of unbranched alkanes of at least 4 members (excludes halogenated alkanes) is 2. The van der Waals surface area contributed by atoms with Crippen molar-refractivity contribution in [3.8, 4) is 0 Å². The van der Waals surface area contributed by atoms with Gasteiger partial charge in [0.2, 0.25) is 0 Å². The van der Waals surface area contributed by atoms with Crippen molar-refractivity contribution in [3.63, 3.8) is 0 Å². The van der Waals surface area contributed by atoms with E-state index in [-0.39, 0.29) is 0 Å². The molecule has 0 rings (SSSR count). The molecule has 0 bridgehead atoms.